The van der Waals surface area contributed by atoms with Gasteiger partial charge in [-0.3, -0.25) is 4.84 Å². The SMILES string of the molecule is O=NOC(=O)Cc1ccc(Cl)cc1F. The number of benzene rings is 1. The zero-order valence-corrected chi connectivity index (χ0v) is 7.62. The van der Waals surface area contributed by atoms with E-state index in [9.17, 15) is 14.1 Å². The summed E-state index contributed by atoms with van der Waals surface area (Å²) < 4.78 is 13.1. The Morgan fingerprint density at radius 3 is 2.86 bits per heavy atom. The van der Waals surface area contributed by atoms with Crippen LogP contribution in [0.1, 0.15) is 5.56 Å². The number of hydrogen-bond acceptors (Lipinski definition) is 4. The number of halogens is 2. The molecule has 14 heavy (non-hydrogen) atoms. The molecule has 0 saturated heterocycles. The first-order valence-electron chi connectivity index (χ1n) is 3.60. The predicted molar refractivity (Wildman–Crippen MR) is 47.0 cm³/mol. The Bertz CT molecular complexity index is 370. The van der Waals surface area contributed by atoms with Crippen molar-refractivity contribution in [3.63, 3.8) is 0 Å². The molecule has 0 radical (unpaired) electrons. The minimum atomic E-state index is -0.916. The molecule has 1 rings (SSSR count). The summed E-state index contributed by atoms with van der Waals surface area (Å²) in [4.78, 5) is 24.0. The van der Waals surface area contributed by atoms with E-state index in [1.807, 2.05) is 5.34 Å². The molecule has 4 nitrogen and oxygen atoms in total. The molecule has 0 aliphatic rings. The van der Waals surface area contributed by atoms with Crippen LogP contribution in [0, 0.1) is 10.7 Å². The van der Waals surface area contributed by atoms with Crippen molar-refractivity contribution in [2.75, 3.05) is 0 Å². The number of rotatable bonds is 3. The van der Waals surface area contributed by atoms with Crippen LogP contribution >= 0.6 is 11.6 Å². The first-order valence-corrected chi connectivity index (χ1v) is 3.97. The van der Waals surface area contributed by atoms with Crippen LogP contribution in [0.3, 0.4) is 0 Å². The molecule has 0 bridgehead atoms. The molecule has 6 heteroatoms. The molecule has 0 unspecified atom stereocenters. The summed E-state index contributed by atoms with van der Waals surface area (Å²) in [5.41, 5.74) is 0.100. The quantitative estimate of drug-likeness (QED) is 0.576. The maximum absolute atomic E-state index is 13.1. The van der Waals surface area contributed by atoms with Gasteiger partial charge in [-0.05, 0) is 17.7 Å². The Morgan fingerprint density at radius 1 is 1.57 bits per heavy atom. The summed E-state index contributed by atoms with van der Waals surface area (Å²) in [6, 6.07) is 3.84. The third-order valence-electron chi connectivity index (χ3n) is 1.49. The first-order chi connectivity index (χ1) is 6.63. The highest BCUT2D eigenvalue weighted by Gasteiger charge is 2.10. The highest BCUT2D eigenvalue weighted by molar-refractivity contribution is 6.30. The van der Waals surface area contributed by atoms with Gasteiger partial charge in [0.15, 0.2) is 5.34 Å². The van der Waals surface area contributed by atoms with E-state index in [-0.39, 0.29) is 17.0 Å². The van der Waals surface area contributed by atoms with Gasteiger partial charge in [-0.25, -0.2) is 9.18 Å². The van der Waals surface area contributed by atoms with Crippen molar-refractivity contribution in [2.24, 2.45) is 5.34 Å². The minimum absolute atomic E-state index is 0.100. The third kappa shape index (κ3) is 2.77. The Labute approximate surface area is 83.6 Å². The Balaban J connectivity index is 2.76. The molecule has 0 aliphatic heterocycles. The zero-order chi connectivity index (χ0) is 10.6. The first kappa shape index (κ1) is 10.6. The molecule has 0 fully saturated rings. The number of carbonyl (C=O) groups is 1. The molecule has 0 aliphatic carbocycles. The van der Waals surface area contributed by atoms with Crippen LogP contribution < -0.4 is 0 Å². The molecule has 0 aromatic heterocycles. The zero-order valence-electron chi connectivity index (χ0n) is 6.87. The Morgan fingerprint density at radius 2 is 2.29 bits per heavy atom. The van der Waals surface area contributed by atoms with Gasteiger partial charge in [0.05, 0.1) is 6.42 Å². The molecule has 0 spiro atoms. The lowest BCUT2D eigenvalue weighted by molar-refractivity contribution is -0.143. The lowest BCUT2D eigenvalue weighted by Crippen LogP contribution is -2.05. The largest absolute Gasteiger partial charge is 0.343 e. The van der Waals surface area contributed by atoms with Crippen molar-refractivity contribution >= 4 is 17.6 Å². The molecule has 1 aromatic carbocycles. The Hall–Kier alpha value is -1.49. The van der Waals surface area contributed by atoms with Crippen LogP contribution in [0.4, 0.5) is 4.39 Å². The van der Waals surface area contributed by atoms with E-state index in [0.717, 1.165) is 6.07 Å². The van der Waals surface area contributed by atoms with Gasteiger partial charge in [0, 0.05) is 5.02 Å². The van der Waals surface area contributed by atoms with E-state index in [1.165, 1.54) is 12.1 Å². The predicted octanol–water partition coefficient (Wildman–Crippen LogP) is 2.25. The average molecular weight is 218 g/mol. The summed E-state index contributed by atoms with van der Waals surface area (Å²) in [6.07, 6.45) is -0.352. The maximum Gasteiger partial charge on any atom is 0.343 e. The molecule has 0 amide bonds. The molecule has 0 N–H and O–H groups in total. The van der Waals surface area contributed by atoms with E-state index in [0.29, 0.717) is 0 Å². The lowest BCUT2D eigenvalue weighted by atomic mass is 10.1. The monoisotopic (exact) mass is 217 g/mol. The highest BCUT2D eigenvalue weighted by atomic mass is 35.5. The van der Waals surface area contributed by atoms with Crippen molar-refractivity contribution in [1.29, 1.82) is 0 Å². The fourth-order valence-corrected chi connectivity index (χ4v) is 1.05. The topological polar surface area (TPSA) is 55.7 Å². The molecule has 0 heterocycles. The van der Waals surface area contributed by atoms with Gasteiger partial charge >= 0.3 is 5.97 Å². The average Bonchev–Trinajstić information content (AvgIpc) is 2.10. The maximum atomic E-state index is 13.1. The van der Waals surface area contributed by atoms with Gasteiger partial charge in [0.2, 0.25) is 0 Å². The van der Waals surface area contributed by atoms with E-state index in [2.05, 4.69) is 4.84 Å². The van der Waals surface area contributed by atoms with E-state index >= 15 is 0 Å². The van der Waals surface area contributed by atoms with Crippen molar-refractivity contribution in [3.05, 3.63) is 39.5 Å². The smallest absolute Gasteiger partial charge is 0.284 e. The fraction of sp³-hybridized carbons (Fsp3) is 0.125. The van der Waals surface area contributed by atoms with Crippen molar-refractivity contribution in [2.45, 2.75) is 6.42 Å². The fourth-order valence-electron chi connectivity index (χ4n) is 0.894. The highest BCUT2D eigenvalue weighted by Crippen LogP contribution is 2.15. The second-order valence-electron chi connectivity index (χ2n) is 2.45. The summed E-state index contributed by atoms with van der Waals surface area (Å²) >= 11 is 5.49. The summed E-state index contributed by atoms with van der Waals surface area (Å²) in [6.45, 7) is 0. The summed E-state index contributed by atoms with van der Waals surface area (Å²) in [5, 5.41) is 2.16. The molecular formula is C8H5ClFNO3. The van der Waals surface area contributed by atoms with Gasteiger partial charge in [-0.15, -0.1) is 4.91 Å². The molecule has 0 atom stereocenters. The van der Waals surface area contributed by atoms with E-state index in [4.69, 9.17) is 11.6 Å². The van der Waals surface area contributed by atoms with Gasteiger partial charge in [-0.2, -0.15) is 0 Å². The van der Waals surface area contributed by atoms with Crippen molar-refractivity contribution < 1.29 is 14.0 Å². The van der Waals surface area contributed by atoms with Crippen LogP contribution in [-0.4, -0.2) is 5.97 Å². The van der Waals surface area contributed by atoms with Gasteiger partial charge in [0.1, 0.15) is 5.82 Å². The standard InChI is InChI=1S/C8H5ClFNO3/c9-6-2-1-5(7(10)4-6)3-8(12)14-11-13/h1-2,4H,3H2. The van der Waals surface area contributed by atoms with Crippen LogP contribution in [0.25, 0.3) is 0 Å². The van der Waals surface area contributed by atoms with Crippen LogP contribution in [0.15, 0.2) is 23.5 Å². The molecule has 0 saturated carbocycles. The number of carbonyl (C=O) groups excluding carboxylic acids is 1. The summed E-state index contributed by atoms with van der Waals surface area (Å²) in [7, 11) is 0. The van der Waals surface area contributed by atoms with E-state index in [1.54, 1.807) is 0 Å². The molecular weight excluding hydrogens is 213 g/mol. The second kappa shape index (κ2) is 4.66. The van der Waals surface area contributed by atoms with Gasteiger partial charge in [0.25, 0.3) is 0 Å². The second-order valence-corrected chi connectivity index (χ2v) is 2.89. The Kier molecular flexibility index (Phi) is 3.53. The van der Waals surface area contributed by atoms with Crippen LogP contribution in [0.5, 0.6) is 0 Å². The molecule has 74 valence electrons. The normalized spacial score (nSPS) is 9.57. The van der Waals surface area contributed by atoms with Gasteiger partial charge < -0.3 is 0 Å². The van der Waals surface area contributed by atoms with Crippen LogP contribution in [-0.2, 0) is 16.1 Å². The van der Waals surface area contributed by atoms with Gasteiger partial charge in [-0.1, -0.05) is 17.7 Å². The molecule has 1 aromatic rings. The number of hydrogen-bond donors (Lipinski definition) is 0. The van der Waals surface area contributed by atoms with E-state index < -0.39 is 11.8 Å². The van der Waals surface area contributed by atoms with Crippen molar-refractivity contribution in [3.8, 4) is 0 Å². The summed E-state index contributed by atoms with van der Waals surface area (Å²) in [5.74, 6) is -1.54. The van der Waals surface area contributed by atoms with Crippen LogP contribution in [0.2, 0.25) is 5.02 Å². The minimum Gasteiger partial charge on any atom is -0.284 e. The lowest BCUT2D eigenvalue weighted by Gasteiger charge is -1.99. The third-order valence-corrected chi connectivity index (χ3v) is 1.72. The van der Waals surface area contributed by atoms with Crippen molar-refractivity contribution in [1.82, 2.24) is 0 Å². The number of nitrogens with zero attached hydrogens (tertiary/aromatic N) is 1.